The van der Waals surface area contributed by atoms with E-state index in [2.05, 4.69) is 30.9 Å². The summed E-state index contributed by atoms with van der Waals surface area (Å²) in [4.78, 5) is 47.7. The summed E-state index contributed by atoms with van der Waals surface area (Å²) >= 11 is 0. The first-order valence-electron chi connectivity index (χ1n) is 11.7. The van der Waals surface area contributed by atoms with Crippen LogP contribution in [0.1, 0.15) is 50.0 Å². The van der Waals surface area contributed by atoms with E-state index in [0.29, 0.717) is 47.5 Å². The summed E-state index contributed by atoms with van der Waals surface area (Å²) in [5.74, 6) is -0.873. The molecule has 37 heavy (non-hydrogen) atoms. The van der Waals surface area contributed by atoms with Crippen molar-refractivity contribution in [2.45, 2.75) is 25.4 Å². The molecule has 1 aliphatic heterocycles. The Morgan fingerprint density at radius 3 is 2.92 bits per heavy atom. The summed E-state index contributed by atoms with van der Waals surface area (Å²) in [7, 11) is 0. The van der Waals surface area contributed by atoms with Crippen molar-refractivity contribution in [3.8, 4) is 5.75 Å². The van der Waals surface area contributed by atoms with Crippen LogP contribution in [0, 0.1) is 0 Å². The summed E-state index contributed by atoms with van der Waals surface area (Å²) in [5, 5.41) is 18.4. The maximum Gasteiger partial charge on any atom is 0.335 e. The topological polar surface area (TPSA) is 158 Å². The molecule has 4 aromatic rings. The van der Waals surface area contributed by atoms with Gasteiger partial charge in [-0.05, 0) is 53.8 Å². The third-order valence-electron chi connectivity index (χ3n) is 6.61. The fourth-order valence-corrected chi connectivity index (χ4v) is 4.81. The van der Waals surface area contributed by atoms with Crippen molar-refractivity contribution < 1.29 is 24.2 Å². The molecule has 0 saturated heterocycles. The number of carboxylic acid groups (broad SMARTS) is 1. The number of nitrogens with zero attached hydrogens (tertiary/aromatic N) is 2. The molecule has 11 nitrogen and oxygen atoms in total. The Morgan fingerprint density at radius 2 is 2.05 bits per heavy atom. The normalized spacial score (nSPS) is 15.9. The van der Waals surface area contributed by atoms with Crippen LogP contribution in [0.15, 0.2) is 48.9 Å². The standard InChI is InChI=1S/C26H22N6O5/c33-21-11-37-20-6-1-13(7-18(20)31-21)9-27-19-10-28-23-22(19)29-12-30-24(23)25(34)32-17-5-3-14-8-15(26(35)36)2-4-16(14)17/h1-2,4,6-8,10,12,17,27-28H,3,5,9,11H2,(H,31,33)(H,32,34)(H,35,36)/t17-/m0/s1. The fraction of sp³-hybridized carbons (Fsp3) is 0.192. The first kappa shape index (κ1) is 22.5. The van der Waals surface area contributed by atoms with Crippen molar-refractivity contribution in [1.82, 2.24) is 20.3 Å². The van der Waals surface area contributed by atoms with Crippen LogP contribution >= 0.6 is 0 Å². The van der Waals surface area contributed by atoms with Gasteiger partial charge >= 0.3 is 5.97 Å². The lowest BCUT2D eigenvalue weighted by Crippen LogP contribution is -2.28. The Morgan fingerprint density at radius 1 is 1.16 bits per heavy atom. The largest absolute Gasteiger partial charge is 0.482 e. The molecule has 2 aliphatic rings. The smallest absolute Gasteiger partial charge is 0.335 e. The van der Waals surface area contributed by atoms with Gasteiger partial charge < -0.3 is 30.8 Å². The second-order valence-electron chi connectivity index (χ2n) is 8.95. The van der Waals surface area contributed by atoms with E-state index in [0.717, 1.165) is 16.7 Å². The molecule has 2 amide bonds. The summed E-state index contributed by atoms with van der Waals surface area (Å²) < 4.78 is 5.40. The van der Waals surface area contributed by atoms with Crippen molar-refractivity contribution in [3.63, 3.8) is 0 Å². The van der Waals surface area contributed by atoms with Gasteiger partial charge in [0.1, 0.15) is 17.6 Å². The first-order valence-corrected chi connectivity index (χ1v) is 11.7. The van der Waals surface area contributed by atoms with Gasteiger partial charge in [-0.15, -0.1) is 0 Å². The van der Waals surface area contributed by atoms with E-state index in [4.69, 9.17) is 4.74 Å². The van der Waals surface area contributed by atoms with Crippen LogP contribution in [0.4, 0.5) is 11.4 Å². The van der Waals surface area contributed by atoms with Gasteiger partial charge in [0, 0.05) is 12.7 Å². The molecule has 0 spiro atoms. The Balaban J connectivity index is 1.18. The van der Waals surface area contributed by atoms with E-state index in [-0.39, 0.29) is 35.7 Å². The highest BCUT2D eigenvalue weighted by molar-refractivity contribution is 6.05. The van der Waals surface area contributed by atoms with Gasteiger partial charge in [0.15, 0.2) is 12.3 Å². The molecule has 1 aliphatic carbocycles. The monoisotopic (exact) mass is 498 g/mol. The summed E-state index contributed by atoms with van der Waals surface area (Å²) in [6.45, 7) is 0.466. The van der Waals surface area contributed by atoms with Crippen molar-refractivity contribution in [1.29, 1.82) is 0 Å². The maximum atomic E-state index is 13.2. The lowest BCUT2D eigenvalue weighted by atomic mass is 10.0. The van der Waals surface area contributed by atoms with Gasteiger partial charge in [-0.25, -0.2) is 14.8 Å². The molecule has 6 rings (SSSR count). The minimum absolute atomic E-state index is 0.00840. The third kappa shape index (κ3) is 4.20. The van der Waals surface area contributed by atoms with Gasteiger partial charge in [0.25, 0.3) is 11.8 Å². The number of rotatable bonds is 6. The first-order chi connectivity index (χ1) is 18.0. The molecule has 1 atom stereocenters. The minimum atomic E-state index is -0.970. The average Bonchev–Trinajstić information content (AvgIpc) is 3.50. The highest BCUT2D eigenvalue weighted by atomic mass is 16.5. The van der Waals surface area contributed by atoms with Crippen LogP contribution in [-0.2, 0) is 17.8 Å². The molecule has 2 aromatic carbocycles. The lowest BCUT2D eigenvalue weighted by Gasteiger charge is -2.18. The van der Waals surface area contributed by atoms with Crippen LogP contribution in [0.3, 0.4) is 0 Å². The molecular weight excluding hydrogens is 476 g/mol. The number of aromatic amines is 1. The number of anilines is 2. The van der Waals surface area contributed by atoms with Gasteiger partial charge in [-0.2, -0.15) is 0 Å². The number of nitrogens with one attached hydrogen (secondary N) is 4. The average molecular weight is 498 g/mol. The number of benzene rings is 2. The molecule has 11 heteroatoms. The number of aromatic carboxylic acids is 1. The summed E-state index contributed by atoms with van der Waals surface area (Å²) in [5.41, 5.74) is 5.66. The van der Waals surface area contributed by atoms with Crippen molar-refractivity contribution >= 4 is 40.2 Å². The van der Waals surface area contributed by atoms with Crippen LogP contribution in [-0.4, -0.2) is 44.4 Å². The van der Waals surface area contributed by atoms with Gasteiger partial charge in [0.05, 0.1) is 28.5 Å². The molecule has 3 heterocycles. The quantitative estimate of drug-likeness (QED) is 0.271. The highest BCUT2D eigenvalue weighted by Crippen LogP contribution is 2.33. The number of aryl methyl sites for hydroxylation is 1. The van der Waals surface area contributed by atoms with E-state index >= 15 is 0 Å². The zero-order chi connectivity index (χ0) is 25.5. The fourth-order valence-electron chi connectivity index (χ4n) is 4.81. The number of amides is 2. The molecule has 5 N–H and O–H groups in total. The number of hydrogen-bond donors (Lipinski definition) is 5. The zero-order valence-corrected chi connectivity index (χ0v) is 19.5. The van der Waals surface area contributed by atoms with Gasteiger partial charge in [-0.3, -0.25) is 9.59 Å². The van der Waals surface area contributed by atoms with Crippen LogP contribution in [0.25, 0.3) is 11.0 Å². The van der Waals surface area contributed by atoms with Crippen molar-refractivity contribution in [2.24, 2.45) is 0 Å². The van der Waals surface area contributed by atoms with E-state index < -0.39 is 5.97 Å². The number of aromatic nitrogens is 3. The minimum Gasteiger partial charge on any atom is -0.482 e. The molecular formula is C26H22N6O5. The van der Waals surface area contributed by atoms with Gasteiger partial charge in [0.2, 0.25) is 0 Å². The van der Waals surface area contributed by atoms with Crippen LogP contribution < -0.4 is 20.7 Å². The van der Waals surface area contributed by atoms with E-state index in [1.807, 2.05) is 18.2 Å². The third-order valence-corrected chi connectivity index (χ3v) is 6.61. The number of fused-ring (bicyclic) bond motifs is 3. The van der Waals surface area contributed by atoms with Crippen molar-refractivity contribution in [2.75, 3.05) is 17.2 Å². The molecule has 0 unspecified atom stereocenters. The highest BCUT2D eigenvalue weighted by Gasteiger charge is 2.27. The molecule has 0 bridgehead atoms. The molecule has 0 radical (unpaired) electrons. The van der Waals surface area contributed by atoms with Crippen LogP contribution in [0.2, 0.25) is 0 Å². The number of carboxylic acids is 1. The number of carbonyl (C=O) groups is 3. The van der Waals surface area contributed by atoms with Crippen LogP contribution in [0.5, 0.6) is 5.75 Å². The molecule has 186 valence electrons. The van der Waals surface area contributed by atoms with E-state index in [9.17, 15) is 19.5 Å². The predicted octanol–water partition coefficient (Wildman–Crippen LogP) is 3.02. The van der Waals surface area contributed by atoms with E-state index in [1.54, 1.807) is 24.4 Å². The SMILES string of the molecule is O=C1COc2ccc(CNc3c[nH]c4c(C(=O)N[C@H]5CCc6cc(C(=O)O)ccc65)ncnc34)cc2N1. The Bertz CT molecular complexity index is 1580. The molecule has 2 aromatic heterocycles. The Labute approximate surface area is 210 Å². The second-order valence-corrected chi connectivity index (χ2v) is 8.95. The predicted molar refractivity (Wildman–Crippen MR) is 134 cm³/mol. The summed E-state index contributed by atoms with van der Waals surface area (Å²) in [6.07, 6.45) is 4.46. The number of H-pyrrole nitrogens is 1. The van der Waals surface area contributed by atoms with E-state index in [1.165, 1.54) is 6.33 Å². The molecule has 0 saturated carbocycles. The van der Waals surface area contributed by atoms with Gasteiger partial charge in [-0.1, -0.05) is 12.1 Å². The Kier molecular flexibility index (Phi) is 5.44. The number of ether oxygens (including phenoxy) is 1. The summed E-state index contributed by atoms with van der Waals surface area (Å²) in [6, 6.07) is 10.3. The zero-order valence-electron chi connectivity index (χ0n) is 19.5. The van der Waals surface area contributed by atoms with Crippen molar-refractivity contribution in [3.05, 3.63) is 76.9 Å². The lowest BCUT2D eigenvalue weighted by molar-refractivity contribution is -0.118. The Hall–Kier alpha value is -4.93. The maximum absolute atomic E-state index is 13.2. The number of hydrogen-bond acceptors (Lipinski definition) is 7. The molecule has 0 fully saturated rings. The number of carbonyl (C=O) groups excluding carboxylic acids is 2. The second kappa shape index (κ2) is 8.94.